The normalized spacial score (nSPS) is 10.8. The Labute approximate surface area is 87.9 Å². The largest absolute Gasteiger partial charge is 0.399 e. The van der Waals surface area contributed by atoms with Gasteiger partial charge in [0, 0.05) is 27.8 Å². The molecule has 2 rings (SSSR count). The monoisotopic (exact) mass is 202 g/mol. The molecule has 3 N–H and O–H groups in total. The number of benzene rings is 1. The molecule has 0 fully saturated rings. The molecule has 0 saturated heterocycles. The van der Waals surface area contributed by atoms with Crippen LogP contribution in [-0.2, 0) is 6.42 Å². The molecule has 0 radical (unpaired) electrons. The number of H-pyrrole nitrogens is 1. The fraction of sp³-hybridized carbons (Fsp3) is 0.250. The van der Waals surface area contributed by atoms with E-state index >= 15 is 0 Å². The van der Waals surface area contributed by atoms with Crippen molar-refractivity contribution in [2.45, 2.75) is 20.3 Å². The summed E-state index contributed by atoms with van der Waals surface area (Å²) in [5.74, 6) is 0. The van der Waals surface area contributed by atoms with E-state index in [-0.39, 0.29) is 5.43 Å². The number of hydrogen-bond acceptors (Lipinski definition) is 2. The lowest BCUT2D eigenvalue weighted by Gasteiger charge is -2.06. The highest BCUT2D eigenvalue weighted by Gasteiger charge is 2.07. The molecule has 1 aromatic carbocycles. The van der Waals surface area contributed by atoms with Crippen LogP contribution in [0.4, 0.5) is 5.69 Å². The van der Waals surface area contributed by atoms with Gasteiger partial charge in [0.2, 0.25) is 0 Å². The highest BCUT2D eigenvalue weighted by molar-refractivity contribution is 5.82. The number of nitrogen functional groups attached to an aromatic ring is 1. The maximum Gasteiger partial charge on any atom is 0.192 e. The summed E-state index contributed by atoms with van der Waals surface area (Å²) in [6.45, 7) is 3.91. The lowest BCUT2D eigenvalue weighted by Crippen LogP contribution is -2.12. The summed E-state index contributed by atoms with van der Waals surface area (Å²) < 4.78 is 0. The van der Waals surface area contributed by atoms with Crippen molar-refractivity contribution in [2.24, 2.45) is 0 Å². The zero-order valence-electron chi connectivity index (χ0n) is 8.92. The van der Waals surface area contributed by atoms with Gasteiger partial charge in [0.25, 0.3) is 0 Å². The van der Waals surface area contributed by atoms with Crippen molar-refractivity contribution < 1.29 is 0 Å². The van der Waals surface area contributed by atoms with Crippen molar-refractivity contribution in [1.29, 1.82) is 0 Å². The molecule has 0 atom stereocenters. The SMILES string of the molecule is CCc1c(C)[nH]c2ccc(N)cc2c1=O. The topological polar surface area (TPSA) is 58.9 Å². The van der Waals surface area contributed by atoms with E-state index in [1.807, 2.05) is 19.9 Å². The smallest absolute Gasteiger partial charge is 0.192 e. The maximum absolute atomic E-state index is 12.1. The van der Waals surface area contributed by atoms with Crippen LogP contribution in [0.15, 0.2) is 23.0 Å². The molecular formula is C12H14N2O. The summed E-state index contributed by atoms with van der Waals surface area (Å²) >= 11 is 0. The van der Waals surface area contributed by atoms with E-state index < -0.39 is 0 Å². The van der Waals surface area contributed by atoms with E-state index in [0.717, 1.165) is 23.2 Å². The number of hydrogen-bond donors (Lipinski definition) is 2. The molecule has 0 unspecified atom stereocenters. The Hall–Kier alpha value is -1.77. The van der Waals surface area contributed by atoms with Crippen molar-refractivity contribution in [3.8, 4) is 0 Å². The molecule has 0 saturated carbocycles. The molecule has 0 bridgehead atoms. The Kier molecular flexibility index (Phi) is 2.23. The van der Waals surface area contributed by atoms with Gasteiger partial charge in [-0.3, -0.25) is 4.79 Å². The van der Waals surface area contributed by atoms with E-state index in [0.29, 0.717) is 11.1 Å². The minimum atomic E-state index is 0.0936. The van der Waals surface area contributed by atoms with Gasteiger partial charge in [-0.2, -0.15) is 0 Å². The Morgan fingerprint density at radius 1 is 1.40 bits per heavy atom. The molecule has 15 heavy (non-hydrogen) atoms. The van der Waals surface area contributed by atoms with Crippen molar-refractivity contribution >= 4 is 16.6 Å². The highest BCUT2D eigenvalue weighted by atomic mass is 16.1. The van der Waals surface area contributed by atoms with E-state index in [1.165, 1.54) is 0 Å². The molecule has 3 nitrogen and oxygen atoms in total. The fourth-order valence-electron chi connectivity index (χ4n) is 1.89. The standard InChI is InChI=1S/C12H14N2O/c1-3-9-7(2)14-11-5-4-8(13)6-10(11)12(9)15/h4-6H,3,13H2,1-2H3,(H,14,15). The van der Waals surface area contributed by atoms with Crippen LogP contribution >= 0.6 is 0 Å². The van der Waals surface area contributed by atoms with Gasteiger partial charge in [-0.25, -0.2) is 0 Å². The van der Waals surface area contributed by atoms with Crippen molar-refractivity contribution in [2.75, 3.05) is 5.73 Å². The molecule has 1 heterocycles. The van der Waals surface area contributed by atoms with E-state index in [4.69, 9.17) is 5.73 Å². The number of nitrogens with two attached hydrogens (primary N) is 1. The van der Waals surface area contributed by atoms with Crippen LogP contribution < -0.4 is 11.2 Å². The lowest BCUT2D eigenvalue weighted by molar-refractivity contribution is 1.05. The highest BCUT2D eigenvalue weighted by Crippen LogP contribution is 2.14. The Morgan fingerprint density at radius 2 is 2.13 bits per heavy atom. The molecular weight excluding hydrogens is 188 g/mol. The summed E-state index contributed by atoms with van der Waals surface area (Å²) in [7, 11) is 0. The maximum atomic E-state index is 12.1. The van der Waals surface area contributed by atoms with E-state index in [9.17, 15) is 4.79 Å². The minimum absolute atomic E-state index is 0.0936. The molecule has 2 aromatic rings. The molecule has 0 aliphatic carbocycles. The van der Waals surface area contributed by atoms with E-state index in [1.54, 1.807) is 12.1 Å². The number of aromatic amines is 1. The molecule has 0 amide bonds. The number of rotatable bonds is 1. The summed E-state index contributed by atoms with van der Waals surface area (Å²) in [5.41, 5.74) is 9.02. The molecule has 1 aromatic heterocycles. The average Bonchev–Trinajstić information content (AvgIpc) is 2.20. The second-order valence-corrected chi connectivity index (χ2v) is 3.72. The molecule has 78 valence electrons. The van der Waals surface area contributed by atoms with E-state index in [2.05, 4.69) is 4.98 Å². The first-order chi connectivity index (χ1) is 7.13. The number of aryl methyl sites for hydroxylation is 1. The Balaban J connectivity index is 2.92. The van der Waals surface area contributed by atoms with Gasteiger partial charge in [-0.15, -0.1) is 0 Å². The second kappa shape index (κ2) is 3.42. The predicted octanol–water partition coefficient (Wildman–Crippen LogP) is 1.98. The summed E-state index contributed by atoms with van der Waals surface area (Å²) in [6.07, 6.45) is 0.742. The van der Waals surface area contributed by atoms with Gasteiger partial charge in [0.15, 0.2) is 5.43 Å². The van der Waals surface area contributed by atoms with Gasteiger partial charge in [-0.1, -0.05) is 6.92 Å². The first-order valence-corrected chi connectivity index (χ1v) is 5.04. The first kappa shape index (κ1) is 9.77. The zero-order valence-corrected chi connectivity index (χ0v) is 8.92. The van der Waals surface area contributed by atoms with Gasteiger partial charge >= 0.3 is 0 Å². The van der Waals surface area contributed by atoms with Crippen LogP contribution in [-0.4, -0.2) is 4.98 Å². The predicted molar refractivity (Wildman–Crippen MR) is 63.1 cm³/mol. The molecule has 3 heteroatoms. The molecule has 0 aliphatic heterocycles. The van der Waals surface area contributed by atoms with Crippen LogP contribution in [0.25, 0.3) is 10.9 Å². The van der Waals surface area contributed by atoms with Crippen molar-refractivity contribution in [3.05, 3.63) is 39.7 Å². The zero-order chi connectivity index (χ0) is 11.0. The number of anilines is 1. The number of pyridine rings is 1. The number of nitrogens with one attached hydrogen (secondary N) is 1. The van der Waals surface area contributed by atoms with Gasteiger partial charge in [-0.05, 0) is 31.5 Å². The third kappa shape index (κ3) is 1.50. The first-order valence-electron chi connectivity index (χ1n) is 5.04. The third-order valence-corrected chi connectivity index (χ3v) is 2.69. The van der Waals surface area contributed by atoms with Crippen LogP contribution in [0.1, 0.15) is 18.2 Å². The van der Waals surface area contributed by atoms with Crippen molar-refractivity contribution in [1.82, 2.24) is 4.98 Å². The van der Waals surface area contributed by atoms with Gasteiger partial charge in [0.05, 0.1) is 0 Å². The quantitative estimate of drug-likeness (QED) is 0.695. The summed E-state index contributed by atoms with van der Waals surface area (Å²) in [4.78, 5) is 15.3. The Morgan fingerprint density at radius 3 is 2.80 bits per heavy atom. The third-order valence-electron chi connectivity index (χ3n) is 2.69. The molecule has 0 spiro atoms. The minimum Gasteiger partial charge on any atom is -0.399 e. The number of aromatic nitrogens is 1. The fourth-order valence-corrected chi connectivity index (χ4v) is 1.89. The van der Waals surface area contributed by atoms with Crippen LogP contribution in [0.2, 0.25) is 0 Å². The van der Waals surface area contributed by atoms with Gasteiger partial charge < -0.3 is 10.7 Å². The van der Waals surface area contributed by atoms with Crippen LogP contribution in [0.3, 0.4) is 0 Å². The Bertz CT molecular complexity index is 570. The number of fused-ring (bicyclic) bond motifs is 1. The summed E-state index contributed by atoms with van der Waals surface area (Å²) in [6, 6.07) is 5.37. The average molecular weight is 202 g/mol. The van der Waals surface area contributed by atoms with Crippen molar-refractivity contribution in [3.63, 3.8) is 0 Å². The van der Waals surface area contributed by atoms with Crippen LogP contribution in [0, 0.1) is 6.92 Å². The summed E-state index contributed by atoms with van der Waals surface area (Å²) in [5, 5.41) is 0.678. The molecule has 0 aliphatic rings. The van der Waals surface area contributed by atoms with Gasteiger partial charge in [0.1, 0.15) is 0 Å². The second-order valence-electron chi connectivity index (χ2n) is 3.72. The lowest BCUT2D eigenvalue weighted by atomic mass is 10.1. The van der Waals surface area contributed by atoms with Crippen LogP contribution in [0.5, 0.6) is 0 Å².